The van der Waals surface area contributed by atoms with E-state index in [4.69, 9.17) is 11.6 Å². The molecule has 114 valence electrons. The number of rotatable bonds is 1. The number of carbonyl (C=O) groups excluding carboxylic acids is 1. The fraction of sp³-hybridized carbons (Fsp3) is 0.125. The highest BCUT2D eigenvalue weighted by atomic mass is 35.5. The van der Waals surface area contributed by atoms with Crippen LogP contribution in [0.25, 0.3) is 0 Å². The molecule has 0 atom stereocenters. The molecule has 7 heteroatoms. The molecule has 0 unspecified atom stereocenters. The van der Waals surface area contributed by atoms with Crippen molar-refractivity contribution in [3.05, 3.63) is 58.9 Å². The normalized spacial score (nSPS) is 15.4. The Labute approximate surface area is 137 Å². The van der Waals surface area contributed by atoms with Crippen molar-refractivity contribution < 1.29 is 4.79 Å². The summed E-state index contributed by atoms with van der Waals surface area (Å²) in [7, 11) is 0. The van der Waals surface area contributed by atoms with Gasteiger partial charge in [-0.3, -0.25) is 25.0 Å². The molecule has 6 nitrogen and oxygen atoms in total. The number of guanidine groups is 1. The lowest BCUT2D eigenvalue weighted by Crippen LogP contribution is -2.47. The lowest BCUT2D eigenvalue weighted by Gasteiger charge is -2.27. The maximum atomic E-state index is 12.3. The van der Waals surface area contributed by atoms with Crippen molar-refractivity contribution in [1.82, 2.24) is 15.2 Å². The molecule has 23 heavy (non-hydrogen) atoms. The van der Waals surface area contributed by atoms with Crippen molar-refractivity contribution in [2.24, 2.45) is 9.98 Å². The van der Waals surface area contributed by atoms with Crippen LogP contribution in [0.5, 0.6) is 0 Å². The lowest BCUT2D eigenvalue weighted by atomic mass is 10.1. The molecule has 1 amide bonds. The minimum atomic E-state index is -0.250. The van der Waals surface area contributed by atoms with Gasteiger partial charge in [-0.05, 0) is 30.3 Å². The third-order valence-electron chi connectivity index (χ3n) is 3.67. The SMILES string of the molecule is O=C(NC1=Nc2ccc(Cl)cc2C2=NCCN12)c1cccnc1. The van der Waals surface area contributed by atoms with E-state index >= 15 is 0 Å². The molecule has 0 spiro atoms. The zero-order chi connectivity index (χ0) is 15.8. The molecule has 2 aliphatic heterocycles. The Hall–Kier alpha value is -2.73. The molecule has 4 rings (SSSR count). The number of aliphatic imine (C=N–C) groups is 2. The van der Waals surface area contributed by atoms with Gasteiger partial charge in [-0.25, -0.2) is 4.99 Å². The fourth-order valence-electron chi connectivity index (χ4n) is 2.61. The number of benzene rings is 1. The van der Waals surface area contributed by atoms with Gasteiger partial charge in [-0.2, -0.15) is 0 Å². The van der Waals surface area contributed by atoms with Gasteiger partial charge in [0.1, 0.15) is 5.84 Å². The van der Waals surface area contributed by atoms with E-state index in [9.17, 15) is 4.79 Å². The Bertz CT molecular complexity index is 847. The molecule has 0 saturated carbocycles. The first-order chi connectivity index (χ1) is 11.2. The number of amides is 1. The number of nitrogens with one attached hydrogen (secondary N) is 1. The van der Waals surface area contributed by atoms with E-state index in [2.05, 4.69) is 20.3 Å². The number of hydrogen-bond acceptors (Lipinski definition) is 5. The van der Waals surface area contributed by atoms with Gasteiger partial charge < -0.3 is 0 Å². The number of fused-ring (bicyclic) bond motifs is 3. The number of halogens is 1. The number of aromatic nitrogens is 1. The molecular weight excluding hydrogens is 314 g/mol. The van der Waals surface area contributed by atoms with E-state index < -0.39 is 0 Å². The van der Waals surface area contributed by atoms with Crippen LogP contribution >= 0.6 is 11.6 Å². The van der Waals surface area contributed by atoms with Gasteiger partial charge in [0.05, 0.1) is 17.8 Å². The van der Waals surface area contributed by atoms with Gasteiger partial charge in [0.15, 0.2) is 0 Å². The summed E-state index contributed by atoms with van der Waals surface area (Å²) >= 11 is 6.07. The maximum Gasteiger partial charge on any atom is 0.259 e. The monoisotopic (exact) mass is 325 g/mol. The van der Waals surface area contributed by atoms with E-state index in [0.717, 1.165) is 17.1 Å². The third kappa shape index (κ3) is 2.47. The lowest BCUT2D eigenvalue weighted by molar-refractivity contribution is 0.0973. The van der Waals surface area contributed by atoms with Crippen molar-refractivity contribution >= 4 is 35.0 Å². The molecule has 2 aromatic rings. The van der Waals surface area contributed by atoms with Crippen LogP contribution in [-0.2, 0) is 0 Å². The number of pyridine rings is 1. The molecule has 0 aliphatic carbocycles. The second-order valence-electron chi connectivity index (χ2n) is 5.15. The van der Waals surface area contributed by atoms with Gasteiger partial charge >= 0.3 is 0 Å². The summed E-state index contributed by atoms with van der Waals surface area (Å²) in [4.78, 5) is 27.3. The van der Waals surface area contributed by atoms with Crippen LogP contribution in [0.4, 0.5) is 5.69 Å². The van der Waals surface area contributed by atoms with Gasteiger partial charge in [-0.15, -0.1) is 0 Å². The van der Waals surface area contributed by atoms with Crippen molar-refractivity contribution in [3.63, 3.8) is 0 Å². The number of carbonyl (C=O) groups is 1. The first-order valence-corrected chi connectivity index (χ1v) is 7.52. The van der Waals surface area contributed by atoms with Crippen LogP contribution < -0.4 is 5.32 Å². The third-order valence-corrected chi connectivity index (χ3v) is 3.91. The summed E-state index contributed by atoms with van der Waals surface area (Å²) in [6, 6.07) is 8.87. The molecule has 0 radical (unpaired) electrons. The minimum Gasteiger partial charge on any atom is -0.294 e. The smallest absolute Gasteiger partial charge is 0.259 e. The number of hydrogen-bond donors (Lipinski definition) is 1. The standard InChI is InChI=1S/C16H12ClN5O/c17-11-3-4-13-12(8-11)14-19-6-7-22(14)16(20-13)21-15(23)10-2-1-5-18-9-10/h1-5,8-9H,6-7H2,(H,20,21,23). The summed E-state index contributed by atoms with van der Waals surface area (Å²) in [5.41, 5.74) is 2.11. The van der Waals surface area contributed by atoms with Crippen molar-refractivity contribution in [1.29, 1.82) is 0 Å². The second kappa shape index (κ2) is 5.48. The van der Waals surface area contributed by atoms with Crippen molar-refractivity contribution in [2.45, 2.75) is 0 Å². The van der Waals surface area contributed by atoms with E-state index in [0.29, 0.717) is 29.6 Å². The Morgan fingerprint density at radius 2 is 2.22 bits per heavy atom. The van der Waals surface area contributed by atoms with Gasteiger partial charge in [0.2, 0.25) is 5.96 Å². The molecule has 2 aliphatic rings. The Morgan fingerprint density at radius 3 is 3.04 bits per heavy atom. The van der Waals surface area contributed by atoms with Crippen LogP contribution in [-0.4, -0.2) is 40.7 Å². The zero-order valence-corrected chi connectivity index (χ0v) is 12.8. The van der Waals surface area contributed by atoms with E-state index in [1.165, 1.54) is 6.20 Å². The second-order valence-corrected chi connectivity index (χ2v) is 5.59. The largest absolute Gasteiger partial charge is 0.294 e. The Kier molecular flexibility index (Phi) is 3.31. The predicted octanol–water partition coefficient (Wildman–Crippen LogP) is 2.23. The highest BCUT2D eigenvalue weighted by Gasteiger charge is 2.30. The molecule has 0 bridgehead atoms. The topological polar surface area (TPSA) is 70.0 Å². The van der Waals surface area contributed by atoms with Crippen molar-refractivity contribution in [3.8, 4) is 0 Å². The highest BCUT2D eigenvalue weighted by molar-refractivity contribution is 6.31. The summed E-state index contributed by atoms with van der Waals surface area (Å²) in [6.07, 6.45) is 3.14. The molecular formula is C16H12ClN5O. The van der Waals surface area contributed by atoms with Crippen LogP contribution in [0.1, 0.15) is 15.9 Å². The van der Waals surface area contributed by atoms with Gasteiger partial charge in [-0.1, -0.05) is 11.6 Å². The Balaban J connectivity index is 1.70. The molecule has 1 N–H and O–H groups in total. The summed E-state index contributed by atoms with van der Waals surface area (Å²) in [6.45, 7) is 1.33. The summed E-state index contributed by atoms with van der Waals surface area (Å²) in [5, 5.41) is 3.48. The minimum absolute atomic E-state index is 0.250. The molecule has 0 fully saturated rings. The van der Waals surface area contributed by atoms with Crippen LogP contribution in [0.15, 0.2) is 52.7 Å². The van der Waals surface area contributed by atoms with E-state index in [1.54, 1.807) is 24.4 Å². The molecule has 1 aromatic carbocycles. The average molecular weight is 326 g/mol. The van der Waals surface area contributed by atoms with Gasteiger partial charge in [0, 0.05) is 29.5 Å². The first kappa shape index (κ1) is 13.9. The summed E-state index contributed by atoms with van der Waals surface area (Å²) < 4.78 is 0. The van der Waals surface area contributed by atoms with Crippen LogP contribution in [0, 0.1) is 0 Å². The zero-order valence-electron chi connectivity index (χ0n) is 12.0. The molecule has 1 aromatic heterocycles. The highest BCUT2D eigenvalue weighted by Crippen LogP contribution is 2.30. The summed E-state index contributed by atoms with van der Waals surface area (Å²) in [5.74, 6) is 1.02. The Morgan fingerprint density at radius 1 is 1.30 bits per heavy atom. The quantitative estimate of drug-likeness (QED) is 0.874. The first-order valence-electron chi connectivity index (χ1n) is 7.14. The fourth-order valence-corrected chi connectivity index (χ4v) is 2.78. The van der Waals surface area contributed by atoms with Crippen molar-refractivity contribution in [2.75, 3.05) is 13.1 Å². The van der Waals surface area contributed by atoms with E-state index in [-0.39, 0.29) is 5.91 Å². The van der Waals surface area contributed by atoms with Crippen LogP contribution in [0.2, 0.25) is 5.02 Å². The number of nitrogens with zero attached hydrogens (tertiary/aromatic N) is 4. The number of amidine groups is 1. The van der Waals surface area contributed by atoms with E-state index in [1.807, 2.05) is 17.0 Å². The molecule has 0 saturated heterocycles. The van der Waals surface area contributed by atoms with Gasteiger partial charge in [0.25, 0.3) is 5.91 Å². The predicted molar refractivity (Wildman–Crippen MR) is 88.4 cm³/mol. The molecule has 3 heterocycles. The maximum absolute atomic E-state index is 12.3. The van der Waals surface area contributed by atoms with Crippen LogP contribution in [0.3, 0.4) is 0 Å². The average Bonchev–Trinajstić information content (AvgIpc) is 3.06.